The highest BCUT2D eigenvalue weighted by Gasteiger charge is 2.12. The van der Waals surface area contributed by atoms with Crippen molar-refractivity contribution in [2.24, 2.45) is 0 Å². The number of nitrogens with zero attached hydrogens (tertiary/aromatic N) is 2. The lowest BCUT2D eigenvalue weighted by atomic mass is 10.0. The number of hydrogen-bond acceptors (Lipinski definition) is 3. The maximum Gasteiger partial charge on any atom is 0.252 e. The minimum Gasteiger partial charge on any atom is -0.364 e. The molecule has 0 radical (unpaired) electrons. The van der Waals surface area contributed by atoms with E-state index in [1.54, 1.807) is 17.0 Å². The fraction of sp³-hybridized carbons (Fsp3) is 0.333. The van der Waals surface area contributed by atoms with Crippen molar-refractivity contribution < 1.29 is 4.52 Å². The largest absolute Gasteiger partial charge is 0.364 e. The number of rotatable bonds is 3. The molecule has 0 aromatic carbocycles. The second-order valence-corrected chi connectivity index (χ2v) is 5.10. The molecule has 2 aromatic heterocycles. The van der Waals surface area contributed by atoms with Crippen molar-refractivity contribution in [3.63, 3.8) is 0 Å². The molecule has 0 fully saturated rings. The molecule has 0 aliphatic rings. The molecule has 17 heavy (non-hydrogen) atoms. The van der Waals surface area contributed by atoms with Crippen LogP contribution in [0, 0.1) is 0 Å². The normalized spacial score (nSPS) is 11.1. The predicted octanol–water partition coefficient (Wildman–Crippen LogP) is 2.77. The van der Waals surface area contributed by atoms with E-state index in [2.05, 4.69) is 34.9 Å². The molecule has 0 N–H and O–H groups in total. The van der Waals surface area contributed by atoms with Crippen LogP contribution >= 0.6 is 15.9 Å². The average Bonchev–Trinajstić information content (AvgIpc) is 2.70. The Morgan fingerprint density at radius 3 is 2.94 bits per heavy atom. The van der Waals surface area contributed by atoms with Gasteiger partial charge in [0.05, 0.1) is 6.54 Å². The van der Waals surface area contributed by atoms with E-state index in [4.69, 9.17) is 4.52 Å². The molecule has 4 nitrogen and oxygen atoms in total. The quantitative estimate of drug-likeness (QED) is 0.875. The van der Waals surface area contributed by atoms with Crippen LogP contribution in [0.2, 0.25) is 0 Å². The Morgan fingerprint density at radius 2 is 2.29 bits per heavy atom. The summed E-state index contributed by atoms with van der Waals surface area (Å²) in [5.41, 5.74) is 1.79. The van der Waals surface area contributed by atoms with Gasteiger partial charge in [-0.1, -0.05) is 34.9 Å². The Kier molecular flexibility index (Phi) is 3.47. The molecule has 0 bridgehead atoms. The first-order valence-corrected chi connectivity index (χ1v) is 6.16. The second-order valence-electron chi connectivity index (χ2n) is 4.18. The zero-order chi connectivity index (χ0) is 12.4. The topological polar surface area (TPSA) is 48.0 Å². The van der Waals surface area contributed by atoms with Gasteiger partial charge in [0, 0.05) is 22.3 Å². The minimum atomic E-state index is -0.0583. The molecule has 0 unspecified atom stereocenters. The molecule has 0 spiro atoms. The summed E-state index contributed by atoms with van der Waals surface area (Å²) in [4.78, 5) is 11.7. The molecule has 0 amide bonds. The summed E-state index contributed by atoms with van der Waals surface area (Å²) < 4.78 is 7.35. The van der Waals surface area contributed by atoms with Crippen molar-refractivity contribution >= 4 is 15.9 Å². The molecular weight excluding hydrogens is 284 g/mol. The molecule has 0 saturated carbocycles. The fourth-order valence-electron chi connectivity index (χ4n) is 1.63. The molecule has 5 heteroatoms. The van der Waals surface area contributed by atoms with Gasteiger partial charge < -0.3 is 9.09 Å². The van der Waals surface area contributed by atoms with E-state index in [1.165, 1.54) is 6.07 Å². The van der Waals surface area contributed by atoms with Gasteiger partial charge in [-0.3, -0.25) is 4.79 Å². The summed E-state index contributed by atoms with van der Waals surface area (Å²) in [7, 11) is 0. The van der Waals surface area contributed by atoms with E-state index in [9.17, 15) is 4.79 Å². The highest BCUT2D eigenvalue weighted by Crippen LogP contribution is 2.18. The fourth-order valence-corrected chi connectivity index (χ4v) is 1.95. The Morgan fingerprint density at radius 1 is 1.53 bits per heavy atom. The van der Waals surface area contributed by atoms with Gasteiger partial charge in [-0.2, -0.15) is 0 Å². The van der Waals surface area contributed by atoms with Gasteiger partial charge in [-0.15, -0.1) is 0 Å². The summed E-state index contributed by atoms with van der Waals surface area (Å²) in [5, 5.41) is 3.95. The van der Waals surface area contributed by atoms with Gasteiger partial charge in [0.1, 0.15) is 12.0 Å². The number of aromatic nitrogens is 2. The Hall–Kier alpha value is -1.36. The predicted molar refractivity (Wildman–Crippen MR) is 68.1 cm³/mol. The molecular formula is C12H13BrN2O2. The van der Waals surface area contributed by atoms with Crippen LogP contribution in [0.1, 0.15) is 31.0 Å². The molecule has 0 saturated heterocycles. The summed E-state index contributed by atoms with van der Waals surface area (Å²) in [6.07, 6.45) is 3.38. The first kappa shape index (κ1) is 12.1. The summed E-state index contributed by atoms with van der Waals surface area (Å²) in [6.45, 7) is 4.58. The van der Waals surface area contributed by atoms with E-state index in [1.807, 2.05) is 6.07 Å². The maximum absolute atomic E-state index is 11.7. The number of hydrogen-bond donors (Lipinski definition) is 0. The van der Waals surface area contributed by atoms with Gasteiger partial charge in [0.15, 0.2) is 0 Å². The smallest absolute Gasteiger partial charge is 0.252 e. The van der Waals surface area contributed by atoms with Gasteiger partial charge in [-0.25, -0.2) is 0 Å². The summed E-state index contributed by atoms with van der Waals surface area (Å²) in [6, 6.07) is 3.37. The van der Waals surface area contributed by atoms with Crippen molar-refractivity contribution in [2.75, 3.05) is 0 Å². The van der Waals surface area contributed by atoms with Crippen LogP contribution in [-0.4, -0.2) is 9.72 Å². The third-order valence-corrected chi connectivity index (χ3v) is 3.07. The van der Waals surface area contributed by atoms with E-state index in [-0.39, 0.29) is 5.56 Å². The molecule has 0 aliphatic carbocycles. The van der Waals surface area contributed by atoms with Crippen LogP contribution in [0.15, 0.2) is 38.4 Å². The lowest BCUT2D eigenvalue weighted by Gasteiger charge is -2.06. The lowest BCUT2D eigenvalue weighted by Crippen LogP contribution is -2.19. The number of halogens is 1. The summed E-state index contributed by atoms with van der Waals surface area (Å²) >= 11 is 3.26. The number of pyridine rings is 1. The Labute approximate surface area is 107 Å². The van der Waals surface area contributed by atoms with E-state index < -0.39 is 0 Å². The first-order chi connectivity index (χ1) is 8.08. The van der Waals surface area contributed by atoms with Crippen LogP contribution < -0.4 is 5.56 Å². The van der Waals surface area contributed by atoms with Gasteiger partial charge in [0.2, 0.25) is 0 Å². The third-order valence-electron chi connectivity index (χ3n) is 2.58. The molecule has 0 atom stereocenters. The van der Waals surface area contributed by atoms with Crippen LogP contribution in [0.4, 0.5) is 0 Å². The van der Waals surface area contributed by atoms with Crippen molar-refractivity contribution in [3.05, 3.63) is 50.7 Å². The van der Waals surface area contributed by atoms with E-state index in [0.29, 0.717) is 12.5 Å². The monoisotopic (exact) mass is 296 g/mol. The SMILES string of the molecule is CC(C)c1conc1Cn1ccc(Br)cc1=O. The molecule has 2 aromatic rings. The molecule has 2 heterocycles. The van der Waals surface area contributed by atoms with Crippen LogP contribution in [0.3, 0.4) is 0 Å². The van der Waals surface area contributed by atoms with E-state index >= 15 is 0 Å². The zero-order valence-electron chi connectivity index (χ0n) is 9.68. The van der Waals surface area contributed by atoms with Crippen molar-refractivity contribution in [1.29, 1.82) is 0 Å². The highest BCUT2D eigenvalue weighted by molar-refractivity contribution is 9.10. The van der Waals surface area contributed by atoms with Crippen LogP contribution in [0.25, 0.3) is 0 Å². The van der Waals surface area contributed by atoms with Crippen LogP contribution in [0.5, 0.6) is 0 Å². The van der Waals surface area contributed by atoms with Crippen molar-refractivity contribution in [3.8, 4) is 0 Å². The third kappa shape index (κ3) is 2.66. The lowest BCUT2D eigenvalue weighted by molar-refractivity contribution is 0.408. The van der Waals surface area contributed by atoms with Crippen molar-refractivity contribution in [1.82, 2.24) is 9.72 Å². The minimum absolute atomic E-state index is 0.0583. The van der Waals surface area contributed by atoms with Crippen molar-refractivity contribution in [2.45, 2.75) is 26.3 Å². The molecule has 2 rings (SSSR count). The van der Waals surface area contributed by atoms with E-state index in [0.717, 1.165) is 15.7 Å². The summed E-state index contributed by atoms with van der Waals surface area (Å²) in [5.74, 6) is 0.336. The highest BCUT2D eigenvalue weighted by atomic mass is 79.9. The standard InChI is InChI=1S/C12H13BrN2O2/c1-8(2)10-7-17-14-11(10)6-15-4-3-9(13)5-12(15)16/h3-5,7-8H,6H2,1-2H3. The van der Waals surface area contributed by atoms with Gasteiger partial charge in [-0.05, 0) is 12.0 Å². The zero-order valence-corrected chi connectivity index (χ0v) is 11.3. The maximum atomic E-state index is 11.7. The van der Waals surface area contributed by atoms with Crippen LogP contribution in [-0.2, 0) is 6.54 Å². The average molecular weight is 297 g/mol. The Bertz CT molecular complexity index is 572. The van der Waals surface area contributed by atoms with Gasteiger partial charge >= 0.3 is 0 Å². The second kappa shape index (κ2) is 4.87. The van der Waals surface area contributed by atoms with Gasteiger partial charge in [0.25, 0.3) is 5.56 Å². The first-order valence-electron chi connectivity index (χ1n) is 5.37. The molecule has 90 valence electrons. The molecule has 0 aliphatic heterocycles. The Balaban J connectivity index is 2.32.